The maximum atomic E-state index is 11.7. The lowest BCUT2D eigenvalue weighted by molar-refractivity contribution is -0.0216. The normalized spacial score (nSPS) is 18.2. The SMILES string of the molecule is Cc1cc(O)c([C@H](N)C2CCN(C(O)c3cc(Cl)c(=O)n(C)c3)CC2)cc1Cl. The number of benzene rings is 1. The van der Waals surface area contributed by atoms with Gasteiger partial charge >= 0.3 is 0 Å². The van der Waals surface area contributed by atoms with Crippen LogP contribution in [0.5, 0.6) is 5.75 Å². The van der Waals surface area contributed by atoms with E-state index < -0.39 is 6.23 Å². The predicted octanol–water partition coefficient (Wildman–Crippen LogP) is 3.11. The minimum absolute atomic E-state index is 0.0858. The molecule has 28 heavy (non-hydrogen) atoms. The van der Waals surface area contributed by atoms with Gasteiger partial charge in [0.1, 0.15) is 17.0 Å². The summed E-state index contributed by atoms with van der Waals surface area (Å²) in [4.78, 5) is 13.7. The van der Waals surface area contributed by atoms with Crippen LogP contribution in [-0.2, 0) is 7.05 Å². The molecule has 2 aromatic rings. The van der Waals surface area contributed by atoms with Crippen LogP contribution >= 0.6 is 23.2 Å². The molecule has 0 aliphatic carbocycles. The molecule has 2 atom stereocenters. The number of aryl methyl sites for hydroxylation is 2. The second-order valence-electron chi connectivity index (χ2n) is 7.47. The summed E-state index contributed by atoms with van der Waals surface area (Å²) in [5, 5.41) is 21.6. The lowest BCUT2D eigenvalue weighted by Crippen LogP contribution is -2.40. The number of nitrogens with zero attached hydrogens (tertiary/aromatic N) is 2. The van der Waals surface area contributed by atoms with Gasteiger partial charge in [0.15, 0.2) is 0 Å². The number of aromatic nitrogens is 1. The van der Waals surface area contributed by atoms with Crippen LogP contribution in [0.25, 0.3) is 0 Å². The predicted molar refractivity (Wildman–Crippen MR) is 111 cm³/mol. The fourth-order valence-corrected chi connectivity index (χ4v) is 4.21. The highest BCUT2D eigenvalue weighted by Gasteiger charge is 2.30. The van der Waals surface area contributed by atoms with Crippen molar-refractivity contribution in [2.45, 2.75) is 32.0 Å². The van der Waals surface area contributed by atoms with E-state index >= 15 is 0 Å². The number of aliphatic hydroxyl groups excluding tert-OH is 1. The second kappa shape index (κ2) is 8.43. The molecule has 1 unspecified atom stereocenters. The molecular formula is C20H25Cl2N3O3. The van der Waals surface area contributed by atoms with Crippen LogP contribution in [0.4, 0.5) is 0 Å². The Morgan fingerprint density at radius 1 is 1.18 bits per heavy atom. The summed E-state index contributed by atoms with van der Waals surface area (Å²) in [6.45, 7) is 3.11. The number of hydrogen-bond donors (Lipinski definition) is 3. The molecule has 3 rings (SSSR count). The Morgan fingerprint density at radius 2 is 1.82 bits per heavy atom. The molecule has 1 saturated heterocycles. The van der Waals surface area contributed by atoms with E-state index in [4.69, 9.17) is 28.9 Å². The summed E-state index contributed by atoms with van der Waals surface area (Å²) < 4.78 is 1.37. The first-order valence-corrected chi connectivity index (χ1v) is 9.97. The van der Waals surface area contributed by atoms with Crippen LogP contribution in [0.3, 0.4) is 0 Å². The molecule has 0 spiro atoms. The van der Waals surface area contributed by atoms with Crippen LogP contribution in [0.1, 0.15) is 41.8 Å². The molecule has 0 saturated carbocycles. The number of likely N-dealkylation sites (tertiary alicyclic amines) is 1. The molecule has 0 radical (unpaired) electrons. The molecule has 1 aromatic carbocycles. The van der Waals surface area contributed by atoms with Crippen LogP contribution < -0.4 is 11.3 Å². The standard InChI is InChI=1S/C20H25Cl2N3O3/c1-11-7-17(26)14(9-15(11)21)18(23)12-3-5-25(6-4-12)19(27)13-8-16(22)20(28)24(2)10-13/h7-10,12,18-19,26-27H,3-6,23H2,1-2H3/t18-,19?/m1/s1. The first kappa shape index (κ1) is 21.1. The molecule has 1 aliphatic rings. The van der Waals surface area contributed by atoms with Crippen molar-refractivity contribution in [1.29, 1.82) is 0 Å². The van der Waals surface area contributed by atoms with Gasteiger partial charge in [-0.1, -0.05) is 23.2 Å². The molecule has 6 nitrogen and oxygen atoms in total. The highest BCUT2D eigenvalue weighted by atomic mass is 35.5. The molecule has 1 aromatic heterocycles. The number of aliphatic hydroxyl groups is 1. The Morgan fingerprint density at radius 3 is 2.43 bits per heavy atom. The van der Waals surface area contributed by atoms with E-state index in [0.29, 0.717) is 29.2 Å². The van der Waals surface area contributed by atoms with E-state index in [0.717, 1.165) is 18.4 Å². The van der Waals surface area contributed by atoms with Gasteiger partial charge in [-0.3, -0.25) is 9.69 Å². The third-order valence-electron chi connectivity index (χ3n) is 5.55. The zero-order valence-corrected chi connectivity index (χ0v) is 17.4. The Bertz CT molecular complexity index is 897. The quantitative estimate of drug-likeness (QED) is 0.699. The summed E-state index contributed by atoms with van der Waals surface area (Å²) >= 11 is 12.2. The fraction of sp³-hybridized carbons (Fsp3) is 0.450. The van der Waals surface area contributed by atoms with Crippen molar-refractivity contribution in [3.8, 4) is 5.75 Å². The fourth-order valence-electron chi connectivity index (χ4n) is 3.77. The largest absolute Gasteiger partial charge is 0.508 e. The lowest BCUT2D eigenvalue weighted by atomic mass is 9.85. The van der Waals surface area contributed by atoms with E-state index in [1.807, 2.05) is 11.8 Å². The summed E-state index contributed by atoms with van der Waals surface area (Å²) in [6, 6.07) is 4.56. The average Bonchev–Trinajstić information content (AvgIpc) is 2.67. The van der Waals surface area contributed by atoms with Gasteiger partial charge in [-0.05, 0) is 49.4 Å². The highest BCUT2D eigenvalue weighted by Crippen LogP contribution is 2.37. The van der Waals surface area contributed by atoms with Crippen molar-refractivity contribution in [3.05, 3.63) is 61.5 Å². The van der Waals surface area contributed by atoms with Gasteiger partial charge in [0.05, 0.1) is 0 Å². The van der Waals surface area contributed by atoms with Gasteiger partial charge in [0, 0.05) is 48.5 Å². The Balaban J connectivity index is 1.69. The van der Waals surface area contributed by atoms with Gasteiger partial charge in [0.25, 0.3) is 5.56 Å². The number of hydrogen-bond acceptors (Lipinski definition) is 5. The van der Waals surface area contributed by atoms with E-state index in [-0.39, 0.29) is 28.3 Å². The smallest absolute Gasteiger partial charge is 0.269 e. The summed E-state index contributed by atoms with van der Waals surface area (Å²) in [7, 11) is 1.61. The first-order chi connectivity index (χ1) is 13.2. The van der Waals surface area contributed by atoms with Crippen LogP contribution in [0.2, 0.25) is 10.0 Å². The third kappa shape index (κ3) is 4.21. The summed E-state index contributed by atoms with van der Waals surface area (Å²) in [5.74, 6) is 0.327. The van der Waals surface area contributed by atoms with Crippen LogP contribution in [0.15, 0.2) is 29.2 Å². The number of phenolic OH excluding ortho intramolecular Hbond substituents is 1. The average molecular weight is 426 g/mol. The summed E-state index contributed by atoms with van der Waals surface area (Å²) in [6.07, 6.45) is 2.29. The lowest BCUT2D eigenvalue weighted by Gasteiger charge is -2.37. The van der Waals surface area contributed by atoms with Gasteiger partial charge in [-0.2, -0.15) is 0 Å². The van der Waals surface area contributed by atoms with E-state index in [2.05, 4.69) is 0 Å². The number of aromatic hydroxyl groups is 1. The molecule has 4 N–H and O–H groups in total. The van der Waals surface area contributed by atoms with Crippen molar-refractivity contribution in [2.75, 3.05) is 13.1 Å². The van der Waals surface area contributed by atoms with Crippen molar-refractivity contribution in [1.82, 2.24) is 9.47 Å². The highest BCUT2D eigenvalue weighted by molar-refractivity contribution is 6.31. The zero-order chi connectivity index (χ0) is 20.6. The zero-order valence-electron chi connectivity index (χ0n) is 15.9. The number of halogens is 2. The second-order valence-corrected chi connectivity index (χ2v) is 8.28. The Kier molecular flexibility index (Phi) is 6.37. The number of rotatable bonds is 4. The number of pyridine rings is 1. The molecule has 0 bridgehead atoms. The maximum Gasteiger partial charge on any atom is 0.269 e. The molecule has 8 heteroatoms. The van der Waals surface area contributed by atoms with Crippen molar-refractivity contribution >= 4 is 23.2 Å². The molecule has 0 amide bonds. The molecule has 1 aliphatic heterocycles. The van der Waals surface area contributed by atoms with Crippen molar-refractivity contribution < 1.29 is 10.2 Å². The third-order valence-corrected chi connectivity index (χ3v) is 6.23. The van der Waals surface area contributed by atoms with E-state index in [9.17, 15) is 15.0 Å². The number of phenols is 1. The van der Waals surface area contributed by atoms with Gasteiger partial charge in [-0.15, -0.1) is 0 Å². The molecule has 1 fully saturated rings. The first-order valence-electron chi connectivity index (χ1n) is 9.21. The van der Waals surface area contributed by atoms with Crippen LogP contribution in [-0.4, -0.2) is 32.8 Å². The van der Waals surface area contributed by atoms with E-state index in [1.165, 1.54) is 10.6 Å². The molecule has 2 heterocycles. The number of nitrogens with two attached hydrogens (primary N) is 1. The van der Waals surface area contributed by atoms with Crippen molar-refractivity contribution in [2.24, 2.45) is 18.7 Å². The topological polar surface area (TPSA) is 91.7 Å². The minimum atomic E-state index is -0.844. The minimum Gasteiger partial charge on any atom is -0.508 e. The van der Waals surface area contributed by atoms with E-state index in [1.54, 1.807) is 25.4 Å². The Hall–Kier alpha value is -1.57. The molecule has 152 valence electrons. The molecular weight excluding hydrogens is 401 g/mol. The van der Waals surface area contributed by atoms with Crippen molar-refractivity contribution in [3.63, 3.8) is 0 Å². The monoisotopic (exact) mass is 425 g/mol. The maximum absolute atomic E-state index is 11.7. The summed E-state index contributed by atoms with van der Waals surface area (Å²) in [5.41, 5.74) is 8.17. The van der Waals surface area contributed by atoms with Crippen LogP contribution in [0, 0.1) is 12.8 Å². The van der Waals surface area contributed by atoms with Gasteiger partial charge in [-0.25, -0.2) is 0 Å². The number of piperidine rings is 1. The van der Waals surface area contributed by atoms with Gasteiger partial charge in [0.2, 0.25) is 0 Å². The van der Waals surface area contributed by atoms with Gasteiger partial charge < -0.3 is 20.5 Å². The Labute approximate surface area is 174 Å².